The zero-order valence-corrected chi connectivity index (χ0v) is 20.5. The number of nitrogens with two attached hydrogens (primary N) is 1. The third-order valence-corrected chi connectivity index (χ3v) is 7.20. The van der Waals surface area contributed by atoms with E-state index >= 15 is 0 Å². The van der Waals surface area contributed by atoms with E-state index in [1.54, 1.807) is 6.20 Å². The van der Waals surface area contributed by atoms with Crippen molar-refractivity contribution in [3.63, 3.8) is 0 Å². The molecule has 0 amide bonds. The van der Waals surface area contributed by atoms with Crippen molar-refractivity contribution in [2.75, 3.05) is 32.2 Å². The summed E-state index contributed by atoms with van der Waals surface area (Å²) in [7, 11) is 0. The molecule has 2 aromatic heterocycles. The minimum Gasteiger partial charge on any atom is -0.414 e. The van der Waals surface area contributed by atoms with Gasteiger partial charge >= 0.3 is 0 Å². The molecular formula is C26H27FN6O2S. The van der Waals surface area contributed by atoms with E-state index in [9.17, 15) is 4.39 Å². The molecule has 0 atom stereocenters. The fourth-order valence-corrected chi connectivity index (χ4v) is 4.99. The van der Waals surface area contributed by atoms with Crippen molar-refractivity contribution >= 4 is 17.6 Å². The molecule has 3 N–H and O–H groups in total. The van der Waals surface area contributed by atoms with Gasteiger partial charge < -0.3 is 20.2 Å². The van der Waals surface area contributed by atoms with Crippen LogP contribution in [0.15, 0.2) is 64.0 Å². The maximum atomic E-state index is 12.3. The molecule has 2 aromatic carbocycles. The van der Waals surface area contributed by atoms with Gasteiger partial charge in [0.1, 0.15) is 6.67 Å². The van der Waals surface area contributed by atoms with Crippen molar-refractivity contribution in [3.05, 3.63) is 60.3 Å². The zero-order valence-electron chi connectivity index (χ0n) is 19.7. The van der Waals surface area contributed by atoms with Gasteiger partial charge in [0, 0.05) is 47.6 Å². The number of nitrogen functional groups attached to an aromatic ring is 1. The molecular weight excluding hydrogens is 479 g/mol. The molecule has 0 saturated carbocycles. The quantitative estimate of drug-likeness (QED) is 0.310. The first-order valence-electron chi connectivity index (χ1n) is 11.9. The zero-order chi connectivity index (χ0) is 24.7. The van der Waals surface area contributed by atoms with E-state index in [0.717, 1.165) is 42.7 Å². The Bertz CT molecular complexity index is 1280. The highest BCUT2D eigenvalue weighted by Gasteiger charge is 2.18. The minimum atomic E-state index is -0.392. The first kappa shape index (κ1) is 24.4. The van der Waals surface area contributed by atoms with Gasteiger partial charge in [-0.1, -0.05) is 24.3 Å². The van der Waals surface area contributed by atoms with Gasteiger partial charge in [0.25, 0.3) is 5.89 Å². The van der Waals surface area contributed by atoms with Crippen molar-refractivity contribution in [1.29, 1.82) is 0 Å². The molecule has 1 aliphatic rings. The van der Waals surface area contributed by atoms with Crippen LogP contribution in [0, 0.1) is 0 Å². The fourth-order valence-electron chi connectivity index (χ4n) is 3.89. The molecule has 4 aromatic rings. The number of nitrogens with zero attached hydrogens (tertiary/aromatic N) is 4. The molecule has 0 unspecified atom stereocenters. The fraction of sp³-hybridized carbons (Fsp3) is 0.308. The van der Waals surface area contributed by atoms with Gasteiger partial charge in [-0.25, -0.2) is 14.4 Å². The molecule has 5 rings (SSSR count). The highest BCUT2D eigenvalue weighted by Crippen LogP contribution is 2.32. The van der Waals surface area contributed by atoms with Crippen LogP contribution in [-0.4, -0.2) is 51.8 Å². The van der Waals surface area contributed by atoms with Crippen LogP contribution in [0.2, 0.25) is 0 Å². The van der Waals surface area contributed by atoms with Gasteiger partial charge in [-0.2, -0.15) is 0 Å². The number of hydrogen-bond donors (Lipinski definition) is 2. The number of aromatic nitrogens is 4. The highest BCUT2D eigenvalue weighted by molar-refractivity contribution is 8.00. The smallest absolute Gasteiger partial charge is 0.270 e. The summed E-state index contributed by atoms with van der Waals surface area (Å²) in [6, 6.07) is 15.9. The Morgan fingerprint density at radius 1 is 0.972 bits per heavy atom. The lowest BCUT2D eigenvalue weighted by molar-refractivity contribution is 0.100. The van der Waals surface area contributed by atoms with Crippen LogP contribution < -0.4 is 11.1 Å². The number of alkyl halides is 1. The third-order valence-electron chi connectivity index (χ3n) is 5.85. The Labute approximate surface area is 212 Å². The van der Waals surface area contributed by atoms with Crippen molar-refractivity contribution in [1.82, 2.24) is 25.5 Å². The van der Waals surface area contributed by atoms with Crippen molar-refractivity contribution < 1.29 is 13.5 Å². The largest absolute Gasteiger partial charge is 0.414 e. The molecule has 0 aliphatic carbocycles. The molecule has 1 aliphatic heterocycles. The van der Waals surface area contributed by atoms with E-state index in [-0.39, 0.29) is 11.7 Å². The number of rotatable bonds is 9. The lowest BCUT2D eigenvalue weighted by atomic mass is 10.1. The topological polar surface area (TPSA) is 112 Å². The standard InChI is InChI=1S/C26H27FN6O2S/c27-11-12-29-15-17-1-3-19(4-2-17)25-32-33-26(35-25)23-24(28)30-16-22(31-23)18-5-7-20(8-6-18)36-21-9-13-34-14-10-21/h1-8,16,21,29H,9-15H2,(H2,28,30). The van der Waals surface area contributed by atoms with Crippen molar-refractivity contribution in [3.8, 4) is 34.3 Å². The average molecular weight is 507 g/mol. The van der Waals surface area contributed by atoms with Crippen LogP contribution in [0.25, 0.3) is 34.3 Å². The molecule has 0 radical (unpaired) electrons. The summed E-state index contributed by atoms with van der Waals surface area (Å²) in [5, 5.41) is 11.9. The van der Waals surface area contributed by atoms with Crippen LogP contribution in [-0.2, 0) is 11.3 Å². The number of halogens is 1. The number of ether oxygens (including phenoxy) is 1. The summed E-state index contributed by atoms with van der Waals surface area (Å²) in [5.74, 6) is 0.779. The van der Waals surface area contributed by atoms with E-state index in [0.29, 0.717) is 35.6 Å². The van der Waals surface area contributed by atoms with Gasteiger partial charge in [0.05, 0.1) is 11.9 Å². The molecule has 8 nitrogen and oxygen atoms in total. The van der Waals surface area contributed by atoms with Crippen LogP contribution in [0.4, 0.5) is 10.2 Å². The Morgan fingerprint density at radius 3 is 2.44 bits per heavy atom. The Balaban J connectivity index is 1.30. The van der Waals surface area contributed by atoms with Crippen LogP contribution in [0.5, 0.6) is 0 Å². The summed E-state index contributed by atoms with van der Waals surface area (Å²) in [6.45, 7) is 2.20. The molecule has 1 saturated heterocycles. The molecule has 0 spiro atoms. The van der Waals surface area contributed by atoms with E-state index in [1.807, 2.05) is 48.2 Å². The summed E-state index contributed by atoms with van der Waals surface area (Å²) in [6.07, 6.45) is 3.80. The molecule has 36 heavy (non-hydrogen) atoms. The van der Waals surface area contributed by atoms with E-state index in [4.69, 9.17) is 14.9 Å². The Morgan fingerprint density at radius 2 is 1.69 bits per heavy atom. The normalized spacial score (nSPS) is 14.2. The maximum absolute atomic E-state index is 12.3. The summed E-state index contributed by atoms with van der Waals surface area (Å²) < 4.78 is 23.6. The van der Waals surface area contributed by atoms with E-state index in [1.165, 1.54) is 4.90 Å². The first-order valence-corrected chi connectivity index (χ1v) is 12.7. The molecule has 186 valence electrons. The van der Waals surface area contributed by atoms with E-state index in [2.05, 4.69) is 37.6 Å². The van der Waals surface area contributed by atoms with Gasteiger partial charge in [-0.05, 0) is 42.7 Å². The lowest BCUT2D eigenvalue weighted by Crippen LogP contribution is -2.17. The Hall–Kier alpha value is -3.34. The van der Waals surface area contributed by atoms with Crippen LogP contribution >= 0.6 is 11.8 Å². The monoisotopic (exact) mass is 506 g/mol. The van der Waals surface area contributed by atoms with Gasteiger partial charge in [0.2, 0.25) is 5.89 Å². The molecule has 1 fully saturated rings. The predicted octanol–water partition coefficient (Wildman–Crippen LogP) is 4.77. The highest BCUT2D eigenvalue weighted by atomic mass is 32.2. The van der Waals surface area contributed by atoms with Gasteiger partial charge in [0.15, 0.2) is 11.5 Å². The number of anilines is 1. The second kappa shape index (κ2) is 11.6. The van der Waals surface area contributed by atoms with Gasteiger partial charge in [-0.15, -0.1) is 22.0 Å². The number of nitrogens with one attached hydrogen (secondary N) is 1. The third kappa shape index (κ3) is 5.89. The lowest BCUT2D eigenvalue weighted by Gasteiger charge is -2.21. The minimum absolute atomic E-state index is 0.206. The Kier molecular flexibility index (Phi) is 7.85. The number of hydrogen-bond acceptors (Lipinski definition) is 9. The van der Waals surface area contributed by atoms with Crippen molar-refractivity contribution in [2.24, 2.45) is 0 Å². The molecule has 10 heteroatoms. The second-order valence-electron chi connectivity index (χ2n) is 8.42. The molecule has 3 heterocycles. The summed E-state index contributed by atoms with van der Waals surface area (Å²) in [5.41, 5.74) is 9.85. The van der Waals surface area contributed by atoms with Crippen LogP contribution in [0.1, 0.15) is 18.4 Å². The van der Waals surface area contributed by atoms with Crippen LogP contribution in [0.3, 0.4) is 0 Å². The van der Waals surface area contributed by atoms with E-state index < -0.39 is 6.67 Å². The average Bonchev–Trinajstić information content (AvgIpc) is 3.41. The number of thioether (sulfide) groups is 1. The van der Waals surface area contributed by atoms with Crippen molar-refractivity contribution in [2.45, 2.75) is 29.5 Å². The maximum Gasteiger partial charge on any atom is 0.270 e. The summed E-state index contributed by atoms with van der Waals surface area (Å²) in [4.78, 5) is 10.2. The second-order valence-corrected chi connectivity index (χ2v) is 9.79. The SMILES string of the molecule is Nc1ncc(-c2ccc(SC3CCOCC3)cc2)nc1-c1nnc(-c2ccc(CNCCF)cc2)o1. The first-order chi connectivity index (χ1) is 17.7. The predicted molar refractivity (Wildman–Crippen MR) is 138 cm³/mol. The van der Waals surface area contributed by atoms with Gasteiger partial charge in [-0.3, -0.25) is 0 Å². The molecule has 0 bridgehead atoms. The summed E-state index contributed by atoms with van der Waals surface area (Å²) >= 11 is 1.89. The number of benzene rings is 2.